The number of nitrogens with two attached hydrogens (primary N) is 1. The van der Waals surface area contributed by atoms with Crippen molar-refractivity contribution in [1.82, 2.24) is 4.90 Å². The number of anilines is 1. The molecule has 0 radical (unpaired) electrons. The van der Waals surface area contributed by atoms with Crippen molar-refractivity contribution in [3.05, 3.63) is 29.8 Å². The van der Waals surface area contributed by atoms with Gasteiger partial charge in [0, 0.05) is 24.3 Å². The molecular formula is C13H17F2N3O. The van der Waals surface area contributed by atoms with Gasteiger partial charge in [0.05, 0.1) is 6.54 Å². The molecule has 1 aliphatic heterocycles. The Morgan fingerprint density at radius 3 is 2.89 bits per heavy atom. The summed E-state index contributed by atoms with van der Waals surface area (Å²) < 4.78 is 25.7. The molecule has 0 spiro atoms. The fourth-order valence-corrected chi connectivity index (χ4v) is 2.21. The molecule has 0 unspecified atom stereocenters. The summed E-state index contributed by atoms with van der Waals surface area (Å²) in [5.74, 6) is -2.15. The molecule has 1 amide bonds. The fourth-order valence-electron chi connectivity index (χ4n) is 2.21. The van der Waals surface area contributed by atoms with Crippen LogP contribution >= 0.6 is 0 Å². The van der Waals surface area contributed by atoms with Crippen molar-refractivity contribution in [2.24, 2.45) is 5.73 Å². The largest absolute Gasteiger partial charge is 0.327 e. The van der Waals surface area contributed by atoms with Gasteiger partial charge in [0.2, 0.25) is 5.91 Å². The van der Waals surface area contributed by atoms with E-state index >= 15 is 0 Å². The molecule has 4 nitrogen and oxygen atoms in total. The smallest absolute Gasteiger partial charge is 0.238 e. The first-order valence-corrected chi connectivity index (χ1v) is 6.27. The lowest BCUT2D eigenvalue weighted by Gasteiger charge is -2.29. The van der Waals surface area contributed by atoms with E-state index in [0.29, 0.717) is 6.54 Å². The number of rotatable bonds is 3. The normalized spacial score (nSPS) is 20.3. The van der Waals surface area contributed by atoms with Gasteiger partial charge in [-0.05, 0) is 31.5 Å². The van der Waals surface area contributed by atoms with Crippen molar-refractivity contribution in [2.45, 2.75) is 18.9 Å². The van der Waals surface area contributed by atoms with Crippen molar-refractivity contribution in [2.75, 3.05) is 25.0 Å². The molecule has 104 valence electrons. The molecule has 6 heteroatoms. The summed E-state index contributed by atoms with van der Waals surface area (Å²) in [6, 6.07) is 3.39. The van der Waals surface area contributed by atoms with E-state index in [0.717, 1.165) is 31.5 Å². The number of likely N-dealkylation sites (tertiary alicyclic amines) is 1. The van der Waals surface area contributed by atoms with Crippen LogP contribution in [0.15, 0.2) is 18.2 Å². The van der Waals surface area contributed by atoms with Gasteiger partial charge < -0.3 is 11.1 Å². The van der Waals surface area contributed by atoms with Crippen molar-refractivity contribution >= 4 is 11.6 Å². The Balaban J connectivity index is 1.88. The first-order chi connectivity index (χ1) is 9.04. The van der Waals surface area contributed by atoms with E-state index in [1.807, 2.05) is 4.90 Å². The molecule has 0 aliphatic carbocycles. The van der Waals surface area contributed by atoms with Crippen LogP contribution in [0.4, 0.5) is 14.5 Å². The molecule has 1 atom stereocenters. The third-order valence-electron chi connectivity index (χ3n) is 3.11. The van der Waals surface area contributed by atoms with E-state index in [2.05, 4.69) is 5.32 Å². The van der Waals surface area contributed by atoms with E-state index in [1.165, 1.54) is 6.07 Å². The van der Waals surface area contributed by atoms with Crippen LogP contribution in [-0.4, -0.2) is 36.5 Å². The highest BCUT2D eigenvalue weighted by molar-refractivity contribution is 5.92. The second kappa shape index (κ2) is 6.08. The average Bonchev–Trinajstić information content (AvgIpc) is 2.34. The SMILES string of the molecule is N[C@@H]1CCCN(CC(=O)Nc2ccc(F)c(F)c2)C1. The predicted octanol–water partition coefficient (Wildman–Crippen LogP) is 1.33. The Kier molecular flexibility index (Phi) is 4.44. The molecule has 1 heterocycles. The molecule has 1 fully saturated rings. The molecule has 1 aromatic rings. The third-order valence-corrected chi connectivity index (χ3v) is 3.11. The summed E-state index contributed by atoms with van der Waals surface area (Å²) in [7, 11) is 0. The lowest BCUT2D eigenvalue weighted by molar-refractivity contribution is -0.117. The third kappa shape index (κ3) is 3.97. The van der Waals surface area contributed by atoms with Gasteiger partial charge in [-0.2, -0.15) is 0 Å². The number of halogens is 2. The van der Waals surface area contributed by atoms with Crippen LogP contribution in [0.25, 0.3) is 0 Å². The van der Waals surface area contributed by atoms with Crippen LogP contribution in [-0.2, 0) is 4.79 Å². The van der Waals surface area contributed by atoms with Gasteiger partial charge >= 0.3 is 0 Å². The zero-order valence-corrected chi connectivity index (χ0v) is 10.5. The number of carbonyl (C=O) groups excluding carboxylic acids is 1. The molecule has 0 aromatic heterocycles. The maximum atomic E-state index is 13.0. The predicted molar refractivity (Wildman–Crippen MR) is 68.6 cm³/mol. The average molecular weight is 269 g/mol. The minimum absolute atomic E-state index is 0.102. The molecule has 2 rings (SSSR count). The standard InChI is InChI=1S/C13H17F2N3O/c14-11-4-3-10(6-12(11)15)17-13(19)8-18-5-1-2-9(16)7-18/h3-4,6,9H,1-2,5,7-8,16H2,(H,17,19)/t9-/m1/s1. The molecule has 1 saturated heterocycles. The van der Waals surface area contributed by atoms with E-state index in [9.17, 15) is 13.6 Å². The summed E-state index contributed by atoms with van der Waals surface area (Å²) in [4.78, 5) is 13.7. The van der Waals surface area contributed by atoms with Gasteiger partial charge in [0.25, 0.3) is 0 Å². The van der Waals surface area contributed by atoms with Gasteiger partial charge in [0.1, 0.15) is 0 Å². The summed E-state index contributed by atoms with van der Waals surface area (Å²) in [5.41, 5.74) is 6.08. The summed E-state index contributed by atoms with van der Waals surface area (Å²) in [5, 5.41) is 2.54. The fraction of sp³-hybridized carbons (Fsp3) is 0.462. The van der Waals surface area contributed by atoms with Crippen molar-refractivity contribution < 1.29 is 13.6 Å². The molecule has 3 N–H and O–H groups in total. The number of amides is 1. The van der Waals surface area contributed by atoms with Crippen LogP contribution in [0.3, 0.4) is 0 Å². The summed E-state index contributed by atoms with van der Waals surface area (Å²) in [6.07, 6.45) is 1.95. The molecule has 19 heavy (non-hydrogen) atoms. The van der Waals surface area contributed by atoms with E-state index in [-0.39, 0.29) is 24.2 Å². The van der Waals surface area contributed by atoms with Crippen molar-refractivity contribution in [3.63, 3.8) is 0 Å². The molecular weight excluding hydrogens is 252 g/mol. The number of nitrogens with one attached hydrogen (secondary N) is 1. The quantitative estimate of drug-likeness (QED) is 0.870. The highest BCUT2D eigenvalue weighted by Crippen LogP contribution is 2.13. The van der Waals surface area contributed by atoms with E-state index in [4.69, 9.17) is 5.73 Å². The maximum Gasteiger partial charge on any atom is 0.238 e. The van der Waals surface area contributed by atoms with Gasteiger partial charge in [-0.25, -0.2) is 8.78 Å². The zero-order chi connectivity index (χ0) is 13.8. The minimum atomic E-state index is -0.974. The maximum absolute atomic E-state index is 13.0. The molecule has 1 aliphatic rings. The van der Waals surface area contributed by atoms with Gasteiger partial charge in [-0.3, -0.25) is 9.69 Å². The Morgan fingerprint density at radius 2 is 2.21 bits per heavy atom. The number of piperidine rings is 1. The van der Waals surface area contributed by atoms with Crippen LogP contribution in [0.5, 0.6) is 0 Å². The Morgan fingerprint density at radius 1 is 1.42 bits per heavy atom. The Hall–Kier alpha value is -1.53. The summed E-state index contributed by atoms with van der Waals surface area (Å²) in [6.45, 7) is 1.73. The van der Waals surface area contributed by atoms with E-state index < -0.39 is 11.6 Å². The highest BCUT2D eigenvalue weighted by atomic mass is 19.2. The first-order valence-electron chi connectivity index (χ1n) is 6.27. The van der Waals surface area contributed by atoms with Crippen LogP contribution in [0, 0.1) is 11.6 Å². The first kappa shape index (κ1) is 13.9. The lowest BCUT2D eigenvalue weighted by Crippen LogP contribution is -2.45. The zero-order valence-electron chi connectivity index (χ0n) is 10.5. The van der Waals surface area contributed by atoms with Crippen molar-refractivity contribution in [3.8, 4) is 0 Å². The van der Waals surface area contributed by atoms with Crippen LogP contribution in [0.2, 0.25) is 0 Å². The Labute approximate surface area is 110 Å². The second-order valence-corrected chi connectivity index (χ2v) is 4.81. The van der Waals surface area contributed by atoms with E-state index in [1.54, 1.807) is 0 Å². The highest BCUT2D eigenvalue weighted by Gasteiger charge is 2.18. The number of hydrogen-bond donors (Lipinski definition) is 2. The topological polar surface area (TPSA) is 58.4 Å². The number of nitrogens with zero attached hydrogens (tertiary/aromatic N) is 1. The van der Waals surface area contributed by atoms with Crippen LogP contribution in [0.1, 0.15) is 12.8 Å². The minimum Gasteiger partial charge on any atom is -0.327 e. The van der Waals surface area contributed by atoms with Gasteiger partial charge in [-0.1, -0.05) is 0 Å². The number of carbonyl (C=O) groups is 1. The molecule has 1 aromatic carbocycles. The van der Waals surface area contributed by atoms with Crippen LogP contribution < -0.4 is 11.1 Å². The van der Waals surface area contributed by atoms with Gasteiger partial charge in [0.15, 0.2) is 11.6 Å². The number of benzene rings is 1. The molecule has 0 saturated carbocycles. The van der Waals surface area contributed by atoms with Gasteiger partial charge in [-0.15, -0.1) is 0 Å². The molecule has 0 bridgehead atoms. The number of hydrogen-bond acceptors (Lipinski definition) is 3. The van der Waals surface area contributed by atoms with Crippen molar-refractivity contribution in [1.29, 1.82) is 0 Å². The second-order valence-electron chi connectivity index (χ2n) is 4.81. The monoisotopic (exact) mass is 269 g/mol. The summed E-state index contributed by atoms with van der Waals surface area (Å²) >= 11 is 0. The Bertz CT molecular complexity index is 467. The lowest BCUT2D eigenvalue weighted by atomic mass is 10.1.